The Labute approximate surface area is 136 Å². The number of fused-ring (bicyclic) bond motifs is 2. The van der Waals surface area contributed by atoms with Gasteiger partial charge in [0.25, 0.3) is 5.91 Å². The standard InChI is InChI=1S/C18H14BrNO2/c1-11-8-12-4-2-3-5-15(12)20(11)18(21)17-9-13-6-7-14(19)10-16(13)22-17/h2-7,9-11H,8H2,1H3. The molecule has 0 bridgehead atoms. The number of nitrogens with zero attached hydrogens (tertiary/aromatic N) is 1. The molecule has 0 saturated carbocycles. The van der Waals surface area contributed by atoms with E-state index in [-0.39, 0.29) is 11.9 Å². The highest BCUT2D eigenvalue weighted by molar-refractivity contribution is 9.10. The minimum absolute atomic E-state index is 0.0789. The molecule has 110 valence electrons. The van der Waals surface area contributed by atoms with Gasteiger partial charge in [-0.1, -0.05) is 34.1 Å². The Morgan fingerprint density at radius 3 is 2.91 bits per heavy atom. The van der Waals surface area contributed by atoms with Crippen molar-refractivity contribution < 1.29 is 9.21 Å². The van der Waals surface area contributed by atoms with Crippen LogP contribution in [-0.2, 0) is 6.42 Å². The van der Waals surface area contributed by atoms with Gasteiger partial charge in [0.05, 0.1) is 0 Å². The van der Waals surface area contributed by atoms with Crippen LogP contribution in [0, 0.1) is 0 Å². The third-order valence-electron chi connectivity index (χ3n) is 4.12. The van der Waals surface area contributed by atoms with Crippen LogP contribution in [0.5, 0.6) is 0 Å². The van der Waals surface area contributed by atoms with Gasteiger partial charge < -0.3 is 9.32 Å². The number of carbonyl (C=O) groups excluding carboxylic acids is 1. The maximum absolute atomic E-state index is 12.9. The molecule has 1 aliphatic heterocycles. The summed E-state index contributed by atoms with van der Waals surface area (Å²) in [6, 6.07) is 15.8. The number of rotatable bonds is 1. The smallest absolute Gasteiger partial charge is 0.294 e. The first-order chi connectivity index (χ1) is 10.6. The Balaban J connectivity index is 1.77. The number of amides is 1. The van der Waals surface area contributed by atoms with Crippen LogP contribution in [0.1, 0.15) is 23.0 Å². The molecule has 1 aromatic heterocycles. The van der Waals surface area contributed by atoms with Gasteiger partial charge in [0.2, 0.25) is 0 Å². The van der Waals surface area contributed by atoms with E-state index in [1.54, 1.807) is 0 Å². The van der Waals surface area contributed by atoms with Crippen LogP contribution in [0.2, 0.25) is 0 Å². The Kier molecular flexibility index (Phi) is 3.08. The molecule has 3 aromatic rings. The Bertz CT molecular complexity index is 884. The number of para-hydroxylation sites is 1. The highest BCUT2D eigenvalue weighted by Crippen LogP contribution is 2.34. The molecular weight excluding hydrogens is 342 g/mol. The molecule has 1 unspecified atom stereocenters. The Morgan fingerprint density at radius 2 is 2.05 bits per heavy atom. The van der Waals surface area contributed by atoms with Crippen LogP contribution >= 0.6 is 15.9 Å². The molecule has 0 radical (unpaired) electrons. The molecule has 0 fully saturated rings. The van der Waals surface area contributed by atoms with E-state index in [0.717, 1.165) is 27.6 Å². The lowest BCUT2D eigenvalue weighted by molar-refractivity contribution is 0.0957. The summed E-state index contributed by atoms with van der Waals surface area (Å²) in [5.74, 6) is 0.307. The van der Waals surface area contributed by atoms with Gasteiger partial charge in [-0.3, -0.25) is 4.79 Å². The molecule has 1 amide bonds. The molecule has 1 atom stereocenters. The van der Waals surface area contributed by atoms with Crippen molar-refractivity contribution in [1.82, 2.24) is 0 Å². The maximum atomic E-state index is 12.9. The molecular formula is C18H14BrNO2. The number of hydrogen-bond acceptors (Lipinski definition) is 2. The second kappa shape index (κ2) is 4.99. The lowest BCUT2D eigenvalue weighted by Gasteiger charge is -2.21. The summed E-state index contributed by atoms with van der Waals surface area (Å²) in [6.07, 6.45) is 0.883. The molecule has 2 aromatic carbocycles. The van der Waals surface area contributed by atoms with Gasteiger partial charge in [0, 0.05) is 21.6 Å². The molecule has 4 heteroatoms. The predicted octanol–water partition coefficient (Wildman–Crippen LogP) is 4.79. The number of hydrogen-bond donors (Lipinski definition) is 0. The van der Waals surface area contributed by atoms with E-state index < -0.39 is 0 Å². The first-order valence-corrected chi connectivity index (χ1v) is 8.03. The number of anilines is 1. The first-order valence-electron chi connectivity index (χ1n) is 7.24. The highest BCUT2D eigenvalue weighted by Gasteiger charge is 2.32. The van der Waals surface area contributed by atoms with Gasteiger partial charge >= 0.3 is 0 Å². The predicted molar refractivity (Wildman–Crippen MR) is 90.3 cm³/mol. The van der Waals surface area contributed by atoms with Gasteiger partial charge in [-0.2, -0.15) is 0 Å². The van der Waals surface area contributed by atoms with Gasteiger partial charge in [-0.15, -0.1) is 0 Å². The molecule has 4 rings (SSSR count). The van der Waals surface area contributed by atoms with E-state index in [0.29, 0.717) is 5.76 Å². The lowest BCUT2D eigenvalue weighted by Crippen LogP contribution is -2.35. The fourth-order valence-corrected chi connectivity index (χ4v) is 3.44. The minimum atomic E-state index is -0.0789. The lowest BCUT2D eigenvalue weighted by atomic mass is 10.1. The normalized spacial score (nSPS) is 17.0. The van der Waals surface area contributed by atoms with Gasteiger partial charge in [0.15, 0.2) is 5.76 Å². The Morgan fingerprint density at radius 1 is 1.23 bits per heavy atom. The summed E-state index contributed by atoms with van der Waals surface area (Å²) in [5, 5.41) is 0.937. The van der Waals surface area contributed by atoms with Crippen LogP contribution in [0.4, 0.5) is 5.69 Å². The quantitative estimate of drug-likeness (QED) is 0.628. The van der Waals surface area contributed by atoms with Crippen LogP contribution in [0.25, 0.3) is 11.0 Å². The van der Waals surface area contributed by atoms with Crippen molar-refractivity contribution in [1.29, 1.82) is 0 Å². The van der Waals surface area contributed by atoms with Crippen molar-refractivity contribution in [2.45, 2.75) is 19.4 Å². The average molecular weight is 356 g/mol. The number of furan rings is 1. The minimum Gasteiger partial charge on any atom is -0.451 e. The average Bonchev–Trinajstić information content (AvgIpc) is 3.06. The maximum Gasteiger partial charge on any atom is 0.294 e. The van der Waals surface area contributed by atoms with E-state index in [1.807, 2.05) is 47.4 Å². The molecule has 0 spiro atoms. The summed E-state index contributed by atoms with van der Waals surface area (Å²) < 4.78 is 6.70. The van der Waals surface area contributed by atoms with Crippen LogP contribution in [0.3, 0.4) is 0 Å². The molecule has 2 heterocycles. The van der Waals surface area contributed by atoms with Crippen molar-refractivity contribution in [3.05, 3.63) is 64.3 Å². The van der Waals surface area contributed by atoms with Crippen LogP contribution < -0.4 is 4.90 Å². The summed E-state index contributed by atoms with van der Waals surface area (Å²) >= 11 is 3.42. The molecule has 0 N–H and O–H groups in total. The number of carbonyl (C=O) groups is 1. The second-order valence-corrected chi connectivity index (χ2v) is 6.57. The van der Waals surface area contributed by atoms with E-state index in [4.69, 9.17) is 4.42 Å². The summed E-state index contributed by atoms with van der Waals surface area (Å²) in [6.45, 7) is 2.07. The van der Waals surface area contributed by atoms with E-state index in [2.05, 4.69) is 28.9 Å². The fraction of sp³-hybridized carbons (Fsp3) is 0.167. The zero-order valence-electron chi connectivity index (χ0n) is 12.0. The zero-order valence-corrected chi connectivity index (χ0v) is 13.6. The molecule has 3 nitrogen and oxygen atoms in total. The molecule has 0 aliphatic carbocycles. The zero-order chi connectivity index (χ0) is 15.3. The van der Waals surface area contributed by atoms with E-state index in [1.165, 1.54) is 5.56 Å². The second-order valence-electron chi connectivity index (χ2n) is 5.65. The van der Waals surface area contributed by atoms with Crippen molar-refractivity contribution >= 4 is 38.5 Å². The third-order valence-corrected chi connectivity index (χ3v) is 4.61. The summed E-state index contributed by atoms with van der Waals surface area (Å²) in [7, 11) is 0. The fourth-order valence-electron chi connectivity index (χ4n) is 3.10. The van der Waals surface area contributed by atoms with Gasteiger partial charge in [-0.05, 0) is 49.2 Å². The van der Waals surface area contributed by atoms with Crippen molar-refractivity contribution in [3.63, 3.8) is 0 Å². The largest absolute Gasteiger partial charge is 0.451 e. The summed E-state index contributed by atoms with van der Waals surface area (Å²) in [4.78, 5) is 14.7. The third kappa shape index (κ3) is 2.06. The van der Waals surface area contributed by atoms with Gasteiger partial charge in [0.1, 0.15) is 5.58 Å². The first kappa shape index (κ1) is 13.6. The van der Waals surface area contributed by atoms with Gasteiger partial charge in [-0.25, -0.2) is 0 Å². The summed E-state index contributed by atoms with van der Waals surface area (Å²) in [5.41, 5.74) is 2.92. The van der Waals surface area contributed by atoms with Crippen LogP contribution in [-0.4, -0.2) is 11.9 Å². The van der Waals surface area contributed by atoms with Crippen molar-refractivity contribution in [2.24, 2.45) is 0 Å². The number of benzene rings is 2. The van der Waals surface area contributed by atoms with E-state index in [9.17, 15) is 4.79 Å². The van der Waals surface area contributed by atoms with E-state index >= 15 is 0 Å². The topological polar surface area (TPSA) is 33.5 Å². The van der Waals surface area contributed by atoms with Crippen molar-refractivity contribution in [2.75, 3.05) is 4.90 Å². The number of halogens is 1. The SMILES string of the molecule is CC1Cc2ccccc2N1C(=O)c1cc2ccc(Br)cc2o1. The molecule has 0 saturated heterocycles. The molecule has 22 heavy (non-hydrogen) atoms. The van der Waals surface area contributed by atoms with Crippen molar-refractivity contribution in [3.8, 4) is 0 Å². The Hall–Kier alpha value is -2.07. The molecule has 1 aliphatic rings. The van der Waals surface area contributed by atoms with Crippen LogP contribution in [0.15, 0.2) is 57.4 Å². The highest BCUT2D eigenvalue weighted by atomic mass is 79.9. The monoisotopic (exact) mass is 355 g/mol.